The quantitative estimate of drug-likeness (QED) is 0.267. The summed E-state index contributed by atoms with van der Waals surface area (Å²) in [6.45, 7) is 0. The van der Waals surface area contributed by atoms with Crippen molar-refractivity contribution in [2.45, 2.75) is 18.0 Å². The van der Waals surface area contributed by atoms with Gasteiger partial charge in [0.15, 0.2) is 17.3 Å². The minimum atomic E-state index is -1.21. The summed E-state index contributed by atoms with van der Waals surface area (Å²) in [5.74, 6) is -2.52. The van der Waals surface area contributed by atoms with Crippen molar-refractivity contribution in [3.63, 3.8) is 0 Å². The predicted octanol–water partition coefficient (Wildman–Crippen LogP) is 5.56. The number of nitriles is 1. The number of hydrogen-bond acceptors (Lipinski definition) is 6. The van der Waals surface area contributed by atoms with E-state index >= 15 is 0 Å². The zero-order valence-corrected chi connectivity index (χ0v) is 24.2. The normalized spacial score (nSPS) is 19.3. The number of amides is 2. The second kappa shape index (κ2) is 12.4. The zero-order chi connectivity index (χ0) is 30.7. The number of nitrogens with zero attached hydrogens (tertiary/aromatic N) is 2. The number of halogens is 1. The first-order valence-corrected chi connectivity index (χ1v) is 13.9. The lowest BCUT2D eigenvalue weighted by atomic mass is 9.76. The molecule has 2 amide bonds. The molecule has 2 N–H and O–H groups in total. The minimum Gasteiger partial charge on any atom is -0.493 e. The van der Waals surface area contributed by atoms with Crippen LogP contribution in [-0.2, 0) is 4.79 Å². The van der Waals surface area contributed by atoms with Crippen LogP contribution >= 0.6 is 11.6 Å². The Morgan fingerprint density at radius 2 is 1.44 bits per heavy atom. The van der Waals surface area contributed by atoms with Crippen LogP contribution in [0.15, 0.2) is 97.1 Å². The number of benzene rings is 4. The van der Waals surface area contributed by atoms with Gasteiger partial charge in [0.1, 0.15) is 6.04 Å². The first-order chi connectivity index (χ1) is 20.8. The number of carbonyl (C=O) groups is 3. The molecule has 0 aromatic heterocycles. The van der Waals surface area contributed by atoms with E-state index in [2.05, 4.69) is 6.07 Å². The Bertz CT molecular complexity index is 1700. The van der Waals surface area contributed by atoms with Crippen LogP contribution in [0.3, 0.4) is 0 Å². The molecule has 4 aromatic rings. The molecule has 4 atom stereocenters. The van der Waals surface area contributed by atoms with E-state index in [1.54, 1.807) is 97.1 Å². The molecule has 1 saturated heterocycles. The van der Waals surface area contributed by atoms with Gasteiger partial charge in [-0.1, -0.05) is 60.1 Å². The number of nitrogens with two attached hydrogens (primary N) is 1. The molecule has 1 heterocycles. The van der Waals surface area contributed by atoms with Crippen LogP contribution in [0, 0.1) is 17.2 Å². The number of primary amides is 1. The minimum absolute atomic E-state index is 0.321. The second-order valence-electron chi connectivity index (χ2n) is 10.1. The van der Waals surface area contributed by atoms with Gasteiger partial charge in [-0.2, -0.15) is 5.26 Å². The highest BCUT2D eigenvalue weighted by atomic mass is 35.5. The number of ether oxygens (including phenoxy) is 2. The van der Waals surface area contributed by atoms with E-state index in [9.17, 15) is 19.6 Å². The Balaban J connectivity index is 1.79. The molecule has 4 unspecified atom stereocenters. The highest BCUT2D eigenvalue weighted by molar-refractivity contribution is 6.30. The smallest absolute Gasteiger partial charge is 0.255 e. The summed E-state index contributed by atoms with van der Waals surface area (Å²) in [4.78, 5) is 43.7. The highest BCUT2D eigenvalue weighted by Crippen LogP contribution is 2.52. The van der Waals surface area contributed by atoms with E-state index in [0.717, 1.165) is 0 Å². The molecule has 0 saturated carbocycles. The first-order valence-electron chi connectivity index (χ1n) is 13.5. The molecule has 43 heavy (non-hydrogen) atoms. The molecule has 4 aromatic carbocycles. The van der Waals surface area contributed by atoms with Crippen molar-refractivity contribution in [2.75, 3.05) is 14.2 Å². The molecule has 8 nitrogen and oxygen atoms in total. The third-order valence-corrected chi connectivity index (χ3v) is 8.07. The Hall–Kier alpha value is -5.13. The summed E-state index contributed by atoms with van der Waals surface area (Å²) in [5.41, 5.74) is 8.33. The fourth-order valence-corrected chi connectivity index (χ4v) is 6.02. The summed E-state index contributed by atoms with van der Waals surface area (Å²) < 4.78 is 11.0. The van der Waals surface area contributed by atoms with E-state index in [4.69, 9.17) is 26.8 Å². The Kier molecular flexibility index (Phi) is 8.46. The Morgan fingerprint density at radius 1 is 0.814 bits per heavy atom. The molecule has 1 fully saturated rings. The van der Waals surface area contributed by atoms with Crippen LogP contribution in [0.5, 0.6) is 11.5 Å². The van der Waals surface area contributed by atoms with E-state index in [1.165, 1.54) is 19.1 Å². The largest absolute Gasteiger partial charge is 0.493 e. The summed E-state index contributed by atoms with van der Waals surface area (Å²) in [5, 5.41) is 9.78. The molecule has 0 spiro atoms. The first kappa shape index (κ1) is 29.4. The summed E-state index contributed by atoms with van der Waals surface area (Å²) in [6, 6.07) is 26.7. The fourth-order valence-electron chi connectivity index (χ4n) is 5.89. The van der Waals surface area contributed by atoms with Gasteiger partial charge >= 0.3 is 0 Å². The number of Topliss-reactive ketones (excluding diaryl/α,β-unsaturated/α-hetero) is 1. The fraction of sp³-hybridized carbons (Fsp3) is 0.176. The van der Waals surface area contributed by atoms with Gasteiger partial charge in [0.25, 0.3) is 5.91 Å². The van der Waals surface area contributed by atoms with Crippen LogP contribution < -0.4 is 15.2 Å². The third-order valence-electron chi connectivity index (χ3n) is 7.82. The van der Waals surface area contributed by atoms with Gasteiger partial charge < -0.3 is 20.1 Å². The van der Waals surface area contributed by atoms with Gasteiger partial charge in [0.05, 0.1) is 37.8 Å². The van der Waals surface area contributed by atoms with Gasteiger partial charge in [-0.15, -0.1) is 0 Å². The van der Waals surface area contributed by atoms with Crippen molar-refractivity contribution < 1.29 is 23.9 Å². The summed E-state index contributed by atoms with van der Waals surface area (Å²) >= 11 is 6.23. The van der Waals surface area contributed by atoms with Crippen molar-refractivity contribution in [3.8, 4) is 17.6 Å². The Labute approximate surface area is 254 Å². The topological polar surface area (TPSA) is 123 Å². The molecule has 0 radical (unpaired) electrons. The lowest BCUT2D eigenvalue weighted by molar-refractivity contribution is -0.122. The van der Waals surface area contributed by atoms with Crippen LogP contribution in [0.25, 0.3) is 0 Å². The number of ketones is 1. The molecule has 1 aliphatic heterocycles. The highest BCUT2D eigenvalue weighted by Gasteiger charge is 2.57. The van der Waals surface area contributed by atoms with Gasteiger partial charge in [0.2, 0.25) is 5.91 Å². The Morgan fingerprint density at radius 3 is 2.02 bits per heavy atom. The molecule has 1 aliphatic rings. The van der Waals surface area contributed by atoms with Crippen molar-refractivity contribution in [1.82, 2.24) is 4.90 Å². The molecule has 216 valence electrons. The molecule has 5 rings (SSSR count). The maximum absolute atomic E-state index is 14.6. The molecular weight excluding hydrogens is 566 g/mol. The van der Waals surface area contributed by atoms with Crippen molar-refractivity contribution in [1.29, 1.82) is 5.26 Å². The lowest BCUT2D eigenvalue weighted by Crippen LogP contribution is -2.46. The van der Waals surface area contributed by atoms with E-state index in [1.807, 2.05) is 0 Å². The van der Waals surface area contributed by atoms with Crippen LogP contribution in [0.2, 0.25) is 5.02 Å². The third kappa shape index (κ3) is 5.55. The number of rotatable bonds is 8. The maximum atomic E-state index is 14.6. The van der Waals surface area contributed by atoms with E-state index in [0.29, 0.717) is 44.3 Å². The number of methoxy groups -OCH3 is 2. The zero-order valence-electron chi connectivity index (χ0n) is 23.4. The van der Waals surface area contributed by atoms with Crippen molar-refractivity contribution >= 4 is 29.2 Å². The molecule has 0 aliphatic carbocycles. The van der Waals surface area contributed by atoms with Gasteiger partial charge in [-0.25, -0.2) is 0 Å². The second-order valence-corrected chi connectivity index (χ2v) is 10.6. The van der Waals surface area contributed by atoms with Crippen LogP contribution in [0.1, 0.15) is 49.4 Å². The number of hydrogen-bond donors (Lipinski definition) is 1. The molecule has 9 heteroatoms. The molecule has 0 bridgehead atoms. The number of carbonyl (C=O) groups excluding carboxylic acids is 3. The summed E-state index contributed by atoms with van der Waals surface area (Å²) in [7, 11) is 3.00. The van der Waals surface area contributed by atoms with Gasteiger partial charge in [0, 0.05) is 22.1 Å². The van der Waals surface area contributed by atoms with Gasteiger partial charge in [-0.05, 0) is 59.7 Å². The maximum Gasteiger partial charge on any atom is 0.255 e. The standard InChI is InChI=1S/C34H28ClN3O5/c1-42-26-17-14-24(18-27(26)43-2)28-29(32(39)22-10-8-20(19-36)9-11-22)30(21-12-15-25(35)16-13-21)38(31(28)33(37)40)34(41)23-6-4-3-5-7-23/h3-18,28-31H,1-2H3,(H2,37,40). The van der Waals surface area contributed by atoms with Gasteiger partial charge in [-0.3, -0.25) is 14.4 Å². The average molecular weight is 594 g/mol. The van der Waals surface area contributed by atoms with Crippen LogP contribution in [0.4, 0.5) is 0 Å². The SMILES string of the molecule is COc1ccc(C2C(C(=O)c3ccc(C#N)cc3)C(c3ccc(Cl)cc3)N(C(=O)c3ccccc3)C2C(N)=O)cc1OC. The van der Waals surface area contributed by atoms with Crippen LogP contribution in [-0.4, -0.2) is 42.8 Å². The average Bonchev–Trinajstić information content (AvgIpc) is 3.41. The number of likely N-dealkylation sites (tertiary alicyclic amines) is 1. The predicted molar refractivity (Wildman–Crippen MR) is 161 cm³/mol. The van der Waals surface area contributed by atoms with Crippen molar-refractivity contribution in [3.05, 3.63) is 130 Å². The summed E-state index contributed by atoms with van der Waals surface area (Å²) in [6.07, 6.45) is 0. The molecular formula is C34H28ClN3O5. The van der Waals surface area contributed by atoms with Crippen molar-refractivity contribution in [2.24, 2.45) is 11.7 Å². The van der Waals surface area contributed by atoms with E-state index in [-0.39, 0.29) is 5.78 Å². The monoisotopic (exact) mass is 593 g/mol. The van der Waals surface area contributed by atoms with E-state index < -0.39 is 35.7 Å². The lowest BCUT2D eigenvalue weighted by Gasteiger charge is -2.31.